The summed E-state index contributed by atoms with van der Waals surface area (Å²) in [6, 6.07) is 8.00. The average Bonchev–Trinajstić information content (AvgIpc) is 2.99. The van der Waals surface area contributed by atoms with Gasteiger partial charge in [0.15, 0.2) is 0 Å². The van der Waals surface area contributed by atoms with E-state index in [-0.39, 0.29) is 6.10 Å². The molecule has 0 amide bonds. The zero-order valence-corrected chi connectivity index (χ0v) is 10.9. The highest BCUT2D eigenvalue weighted by Crippen LogP contribution is 2.20. The molecule has 2 heterocycles. The van der Waals surface area contributed by atoms with E-state index in [4.69, 9.17) is 4.42 Å². The first kappa shape index (κ1) is 12.3. The third-order valence-corrected chi connectivity index (χ3v) is 3.34. The molecule has 0 aliphatic carbocycles. The SMILES string of the molecule is Cc1cccc(-c2nnc(CN3CCC(O)C3)o2)c1. The molecule has 1 aliphatic heterocycles. The van der Waals surface area contributed by atoms with Gasteiger partial charge in [-0.1, -0.05) is 17.7 Å². The quantitative estimate of drug-likeness (QED) is 0.907. The van der Waals surface area contributed by atoms with Gasteiger partial charge < -0.3 is 9.52 Å². The Morgan fingerprint density at radius 2 is 2.32 bits per heavy atom. The molecular formula is C14H17N3O2. The number of rotatable bonds is 3. The summed E-state index contributed by atoms with van der Waals surface area (Å²) in [5.41, 5.74) is 2.11. The van der Waals surface area contributed by atoms with Crippen molar-refractivity contribution in [1.82, 2.24) is 15.1 Å². The van der Waals surface area contributed by atoms with Crippen LogP contribution < -0.4 is 0 Å². The molecule has 0 saturated carbocycles. The largest absolute Gasteiger partial charge is 0.419 e. The van der Waals surface area contributed by atoms with Gasteiger partial charge in [0.1, 0.15) is 0 Å². The average molecular weight is 259 g/mol. The van der Waals surface area contributed by atoms with E-state index in [2.05, 4.69) is 15.1 Å². The highest BCUT2D eigenvalue weighted by atomic mass is 16.4. The highest BCUT2D eigenvalue weighted by Gasteiger charge is 2.22. The van der Waals surface area contributed by atoms with E-state index in [9.17, 15) is 5.11 Å². The number of β-amino-alcohol motifs (C(OH)–C–C–N with tert-alkyl or cyclic N) is 1. The van der Waals surface area contributed by atoms with Crippen LogP contribution in [-0.4, -0.2) is 39.4 Å². The van der Waals surface area contributed by atoms with Crippen molar-refractivity contribution in [1.29, 1.82) is 0 Å². The molecule has 0 radical (unpaired) electrons. The summed E-state index contributed by atoms with van der Waals surface area (Å²) in [6.07, 6.45) is 0.595. The van der Waals surface area contributed by atoms with E-state index in [1.165, 1.54) is 5.56 Å². The number of likely N-dealkylation sites (tertiary alicyclic amines) is 1. The molecule has 0 spiro atoms. The Morgan fingerprint density at radius 3 is 3.05 bits per heavy atom. The van der Waals surface area contributed by atoms with E-state index >= 15 is 0 Å². The second-order valence-corrected chi connectivity index (χ2v) is 5.05. The van der Waals surface area contributed by atoms with Crippen LogP contribution in [0.4, 0.5) is 0 Å². The minimum Gasteiger partial charge on any atom is -0.419 e. The van der Waals surface area contributed by atoms with Crippen LogP contribution in [0.1, 0.15) is 17.9 Å². The van der Waals surface area contributed by atoms with Crippen LogP contribution >= 0.6 is 0 Å². The maximum Gasteiger partial charge on any atom is 0.247 e. The summed E-state index contributed by atoms with van der Waals surface area (Å²) < 4.78 is 5.68. The third-order valence-electron chi connectivity index (χ3n) is 3.34. The normalized spacial score (nSPS) is 20.0. The minimum absolute atomic E-state index is 0.223. The molecule has 5 nitrogen and oxygen atoms in total. The maximum absolute atomic E-state index is 9.48. The van der Waals surface area contributed by atoms with Crippen LogP contribution in [0.3, 0.4) is 0 Å². The first-order chi connectivity index (χ1) is 9.20. The van der Waals surface area contributed by atoms with Gasteiger partial charge in [-0.05, 0) is 25.5 Å². The van der Waals surface area contributed by atoms with Gasteiger partial charge in [-0.15, -0.1) is 10.2 Å². The molecule has 1 N–H and O–H groups in total. The van der Waals surface area contributed by atoms with Gasteiger partial charge in [0.2, 0.25) is 11.8 Å². The number of benzene rings is 1. The van der Waals surface area contributed by atoms with E-state index in [1.54, 1.807) is 0 Å². The van der Waals surface area contributed by atoms with Crippen molar-refractivity contribution >= 4 is 0 Å². The van der Waals surface area contributed by atoms with Crippen molar-refractivity contribution in [2.45, 2.75) is 26.0 Å². The lowest BCUT2D eigenvalue weighted by Crippen LogP contribution is -2.21. The van der Waals surface area contributed by atoms with Gasteiger partial charge in [-0.3, -0.25) is 4.90 Å². The Balaban J connectivity index is 1.73. The maximum atomic E-state index is 9.48. The fourth-order valence-electron chi connectivity index (χ4n) is 2.36. The van der Waals surface area contributed by atoms with Crippen molar-refractivity contribution in [3.05, 3.63) is 35.7 Å². The summed E-state index contributed by atoms with van der Waals surface area (Å²) in [5.74, 6) is 1.16. The Kier molecular flexibility index (Phi) is 3.31. The van der Waals surface area contributed by atoms with Gasteiger partial charge in [0, 0.05) is 18.7 Å². The van der Waals surface area contributed by atoms with Crippen molar-refractivity contribution in [3.63, 3.8) is 0 Å². The Morgan fingerprint density at radius 1 is 1.42 bits per heavy atom. The molecule has 1 unspecified atom stereocenters. The summed E-state index contributed by atoms with van der Waals surface area (Å²) in [4.78, 5) is 2.12. The smallest absolute Gasteiger partial charge is 0.247 e. The lowest BCUT2D eigenvalue weighted by molar-refractivity contribution is 0.171. The predicted octanol–water partition coefficient (Wildman–Crippen LogP) is 1.61. The fourth-order valence-corrected chi connectivity index (χ4v) is 2.36. The molecule has 1 fully saturated rings. The summed E-state index contributed by atoms with van der Waals surface area (Å²) in [5, 5.41) is 17.6. The summed E-state index contributed by atoms with van der Waals surface area (Å²) >= 11 is 0. The van der Waals surface area contributed by atoms with Gasteiger partial charge in [0.25, 0.3) is 0 Å². The standard InChI is InChI=1S/C14H17N3O2/c1-10-3-2-4-11(7-10)14-16-15-13(19-14)9-17-6-5-12(18)8-17/h2-4,7,12,18H,5-6,8-9H2,1H3. The second kappa shape index (κ2) is 5.11. The number of aliphatic hydroxyl groups is 1. The summed E-state index contributed by atoms with van der Waals surface area (Å²) in [6.45, 7) is 4.20. The summed E-state index contributed by atoms with van der Waals surface area (Å²) in [7, 11) is 0. The number of aryl methyl sites for hydroxylation is 1. The van der Waals surface area contributed by atoms with Crippen LogP contribution in [0, 0.1) is 6.92 Å². The number of nitrogens with zero attached hydrogens (tertiary/aromatic N) is 3. The Hall–Kier alpha value is -1.72. The number of aromatic nitrogens is 2. The van der Waals surface area contributed by atoms with Crippen LogP contribution in [0.2, 0.25) is 0 Å². The molecule has 1 saturated heterocycles. The third kappa shape index (κ3) is 2.83. The monoisotopic (exact) mass is 259 g/mol. The highest BCUT2D eigenvalue weighted by molar-refractivity contribution is 5.53. The van der Waals surface area contributed by atoms with E-state index < -0.39 is 0 Å². The number of hydrogen-bond acceptors (Lipinski definition) is 5. The van der Waals surface area contributed by atoms with E-state index in [0.717, 1.165) is 18.5 Å². The fraction of sp³-hybridized carbons (Fsp3) is 0.429. The van der Waals surface area contributed by atoms with Crippen LogP contribution in [0.5, 0.6) is 0 Å². The second-order valence-electron chi connectivity index (χ2n) is 5.05. The molecule has 1 aromatic heterocycles. The molecule has 1 aliphatic rings. The Labute approximate surface area is 111 Å². The molecule has 19 heavy (non-hydrogen) atoms. The van der Waals surface area contributed by atoms with Crippen molar-refractivity contribution in [2.24, 2.45) is 0 Å². The predicted molar refractivity (Wildman–Crippen MR) is 70.4 cm³/mol. The topological polar surface area (TPSA) is 62.4 Å². The van der Waals surface area contributed by atoms with E-state index in [0.29, 0.717) is 24.9 Å². The van der Waals surface area contributed by atoms with Crippen molar-refractivity contribution in [3.8, 4) is 11.5 Å². The van der Waals surface area contributed by atoms with Gasteiger partial charge in [-0.2, -0.15) is 0 Å². The number of hydrogen-bond donors (Lipinski definition) is 1. The molecule has 100 valence electrons. The van der Waals surface area contributed by atoms with Gasteiger partial charge >= 0.3 is 0 Å². The zero-order chi connectivity index (χ0) is 13.2. The minimum atomic E-state index is -0.223. The molecule has 5 heteroatoms. The van der Waals surface area contributed by atoms with Gasteiger partial charge in [0.05, 0.1) is 12.6 Å². The van der Waals surface area contributed by atoms with Crippen molar-refractivity contribution in [2.75, 3.05) is 13.1 Å². The first-order valence-electron chi connectivity index (χ1n) is 6.50. The molecule has 1 aromatic carbocycles. The molecule has 1 atom stereocenters. The molecule has 2 aromatic rings. The van der Waals surface area contributed by atoms with Crippen LogP contribution in [-0.2, 0) is 6.54 Å². The number of aliphatic hydroxyl groups excluding tert-OH is 1. The lowest BCUT2D eigenvalue weighted by Gasteiger charge is -2.10. The lowest BCUT2D eigenvalue weighted by atomic mass is 10.1. The van der Waals surface area contributed by atoms with E-state index in [1.807, 2.05) is 31.2 Å². The van der Waals surface area contributed by atoms with Crippen LogP contribution in [0.15, 0.2) is 28.7 Å². The Bertz CT molecular complexity index is 567. The van der Waals surface area contributed by atoms with Crippen molar-refractivity contribution < 1.29 is 9.52 Å². The first-order valence-corrected chi connectivity index (χ1v) is 6.50. The van der Waals surface area contributed by atoms with Crippen LogP contribution in [0.25, 0.3) is 11.5 Å². The van der Waals surface area contributed by atoms with Gasteiger partial charge in [-0.25, -0.2) is 0 Å². The zero-order valence-electron chi connectivity index (χ0n) is 10.9. The molecule has 3 rings (SSSR count). The molecule has 0 bridgehead atoms. The molecular weight excluding hydrogens is 242 g/mol.